The Labute approximate surface area is 181 Å². The van der Waals surface area contributed by atoms with Crippen LogP contribution < -0.4 is 10.9 Å². The highest BCUT2D eigenvalue weighted by atomic mass is 32.2. The number of aryl methyl sites for hydroxylation is 2. The zero-order valence-electron chi connectivity index (χ0n) is 19.1. The van der Waals surface area contributed by atoms with E-state index >= 15 is 0 Å². The van der Waals surface area contributed by atoms with E-state index in [0.29, 0.717) is 43.0 Å². The minimum absolute atomic E-state index is 0.0598. The summed E-state index contributed by atoms with van der Waals surface area (Å²) in [5, 5.41) is 0. The van der Waals surface area contributed by atoms with E-state index in [1.807, 2.05) is 33.8 Å². The Hall–Kier alpha value is -1.48. The van der Waals surface area contributed by atoms with Crippen molar-refractivity contribution >= 4 is 15.9 Å². The van der Waals surface area contributed by atoms with E-state index in [1.165, 1.54) is 4.31 Å². The summed E-state index contributed by atoms with van der Waals surface area (Å²) in [6.07, 6.45) is 1.80. The van der Waals surface area contributed by atoms with Crippen molar-refractivity contribution in [3.63, 3.8) is 0 Å². The Morgan fingerprint density at radius 2 is 1.60 bits per heavy atom. The smallest absolute Gasteiger partial charge is 0.243 e. The van der Waals surface area contributed by atoms with E-state index in [1.54, 1.807) is 4.90 Å². The predicted molar refractivity (Wildman–Crippen MR) is 119 cm³/mol. The lowest BCUT2D eigenvalue weighted by Crippen LogP contribution is -2.54. The van der Waals surface area contributed by atoms with Crippen LogP contribution in [0.4, 0.5) is 0 Å². The number of piperazine rings is 1. The summed E-state index contributed by atoms with van der Waals surface area (Å²) in [5.74, 6) is 0.633. The van der Waals surface area contributed by atoms with Crippen molar-refractivity contribution in [3.05, 3.63) is 28.3 Å². The first-order chi connectivity index (χ1) is 14.0. The second-order valence-corrected chi connectivity index (χ2v) is 11.1. The highest BCUT2D eigenvalue weighted by Gasteiger charge is 2.36. The molecule has 1 amide bonds. The van der Waals surface area contributed by atoms with E-state index in [2.05, 4.69) is 24.7 Å². The van der Waals surface area contributed by atoms with Crippen LogP contribution in [0.15, 0.2) is 11.0 Å². The molecule has 168 valence electrons. The lowest BCUT2D eigenvalue weighted by atomic mass is 9.99. The van der Waals surface area contributed by atoms with Crippen molar-refractivity contribution in [1.82, 2.24) is 20.1 Å². The Balaban J connectivity index is 1.67. The molecule has 0 radical (unpaired) electrons. The predicted octanol–water partition coefficient (Wildman–Crippen LogP) is 2.03. The second kappa shape index (κ2) is 8.94. The monoisotopic (exact) mass is 436 g/mol. The highest BCUT2D eigenvalue weighted by Crippen LogP contribution is 2.29. The van der Waals surface area contributed by atoms with E-state index in [9.17, 15) is 13.2 Å². The largest absolute Gasteiger partial charge is 0.339 e. The number of benzene rings is 1. The molecule has 2 saturated heterocycles. The average Bonchev–Trinajstić information content (AvgIpc) is 3.13. The molecule has 0 spiro atoms. The van der Waals surface area contributed by atoms with Crippen LogP contribution in [0.2, 0.25) is 0 Å². The Morgan fingerprint density at radius 1 is 1.03 bits per heavy atom. The summed E-state index contributed by atoms with van der Waals surface area (Å²) in [6, 6.07) is 2.10. The van der Waals surface area contributed by atoms with Gasteiger partial charge in [0.15, 0.2) is 0 Å². The maximum atomic E-state index is 13.4. The van der Waals surface area contributed by atoms with Crippen molar-refractivity contribution < 1.29 is 13.2 Å². The topological polar surface area (TPSA) is 81.8 Å². The second-order valence-electron chi connectivity index (χ2n) is 9.22. The van der Waals surface area contributed by atoms with Gasteiger partial charge in [-0.2, -0.15) is 4.31 Å². The first kappa shape index (κ1) is 23.2. The average molecular weight is 437 g/mol. The van der Waals surface area contributed by atoms with Gasteiger partial charge in [0.05, 0.1) is 4.90 Å². The molecule has 3 rings (SSSR count). The number of hydrogen-bond donors (Lipinski definition) is 2. The standard InChI is InChI=1S/C22H36N4O3S/c1-14(2)11-19-13-20(24-23-19)22(27)25-7-9-26(10-8-25)30(28,29)21-17(5)15(3)12-16(4)18(21)6/h12,14,19-20,23-24H,7-11,13H2,1-6H3. The van der Waals surface area contributed by atoms with Crippen molar-refractivity contribution in [3.8, 4) is 0 Å². The van der Waals surface area contributed by atoms with Crippen molar-refractivity contribution in [2.24, 2.45) is 5.92 Å². The first-order valence-corrected chi connectivity index (χ1v) is 12.3. The van der Waals surface area contributed by atoms with Crippen LogP contribution in [0.25, 0.3) is 0 Å². The molecule has 0 bridgehead atoms. The van der Waals surface area contributed by atoms with Crippen LogP contribution in [0, 0.1) is 33.6 Å². The lowest BCUT2D eigenvalue weighted by molar-refractivity contribution is -0.134. The molecule has 2 heterocycles. The summed E-state index contributed by atoms with van der Waals surface area (Å²) in [5.41, 5.74) is 9.96. The molecule has 8 heteroatoms. The van der Waals surface area contributed by atoms with Gasteiger partial charge in [0.25, 0.3) is 0 Å². The number of hydrogen-bond acceptors (Lipinski definition) is 5. The lowest BCUT2D eigenvalue weighted by Gasteiger charge is -2.35. The molecule has 2 unspecified atom stereocenters. The highest BCUT2D eigenvalue weighted by molar-refractivity contribution is 7.89. The van der Waals surface area contributed by atoms with E-state index in [-0.39, 0.29) is 11.9 Å². The number of amides is 1. The van der Waals surface area contributed by atoms with Gasteiger partial charge in [0.1, 0.15) is 6.04 Å². The third kappa shape index (κ3) is 4.56. The fraction of sp³-hybridized carbons (Fsp3) is 0.682. The molecule has 30 heavy (non-hydrogen) atoms. The Kier molecular flexibility index (Phi) is 6.91. The number of nitrogens with one attached hydrogen (secondary N) is 2. The zero-order valence-corrected chi connectivity index (χ0v) is 19.9. The molecule has 2 N–H and O–H groups in total. The summed E-state index contributed by atoms with van der Waals surface area (Å²) in [4.78, 5) is 15.1. The Morgan fingerprint density at radius 3 is 2.13 bits per heavy atom. The Bertz CT molecular complexity index is 879. The van der Waals surface area contributed by atoms with Gasteiger partial charge in [0.2, 0.25) is 15.9 Å². The molecule has 0 aliphatic carbocycles. The van der Waals surface area contributed by atoms with Gasteiger partial charge in [-0.1, -0.05) is 19.9 Å². The molecular formula is C22H36N4O3S. The molecule has 7 nitrogen and oxygen atoms in total. The van der Waals surface area contributed by atoms with E-state index in [0.717, 1.165) is 35.1 Å². The zero-order chi connectivity index (χ0) is 22.2. The van der Waals surface area contributed by atoms with E-state index in [4.69, 9.17) is 0 Å². The van der Waals surface area contributed by atoms with Gasteiger partial charge in [-0.05, 0) is 68.7 Å². The summed E-state index contributed by atoms with van der Waals surface area (Å²) in [7, 11) is -3.59. The SMILES string of the molecule is Cc1cc(C)c(C)c(S(=O)(=O)N2CCN(C(=O)C3CC(CC(C)C)NN3)CC2)c1C. The van der Waals surface area contributed by atoms with Crippen LogP contribution in [0.5, 0.6) is 0 Å². The maximum Gasteiger partial charge on any atom is 0.243 e. The third-order valence-electron chi connectivity index (χ3n) is 6.48. The van der Waals surface area contributed by atoms with Crippen molar-refractivity contribution in [1.29, 1.82) is 0 Å². The van der Waals surface area contributed by atoms with Crippen LogP contribution in [-0.2, 0) is 14.8 Å². The number of rotatable bonds is 5. The van der Waals surface area contributed by atoms with Gasteiger partial charge < -0.3 is 4.90 Å². The normalized spacial score (nSPS) is 23.4. The third-order valence-corrected chi connectivity index (χ3v) is 8.65. The molecule has 1 aromatic rings. The molecule has 0 aromatic heterocycles. The maximum absolute atomic E-state index is 13.4. The number of carbonyl (C=O) groups excluding carboxylic acids is 1. The fourth-order valence-electron chi connectivity index (χ4n) is 4.57. The van der Waals surface area contributed by atoms with Gasteiger partial charge in [0, 0.05) is 32.2 Å². The molecule has 2 aliphatic rings. The van der Waals surface area contributed by atoms with Gasteiger partial charge in [-0.3, -0.25) is 10.2 Å². The van der Waals surface area contributed by atoms with Crippen molar-refractivity contribution in [2.45, 2.75) is 71.4 Å². The first-order valence-electron chi connectivity index (χ1n) is 10.9. The summed E-state index contributed by atoms with van der Waals surface area (Å²) >= 11 is 0. The van der Waals surface area contributed by atoms with Crippen molar-refractivity contribution in [2.75, 3.05) is 26.2 Å². The number of carbonyl (C=O) groups is 1. The number of sulfonamides is 1. The number of nitrogens with zero attached hydrogens (tertiary/aromatic N) is 2. The minimum Gasteiger partial charge on any atom is -0.339 e. The minimum atomic E-state index is -3.59. The van der Waals surface area contributed by atoms with Crippen LogP contribution in [0.1, 0.15) is 48.9 Å². The molecule has 2 atom stereocenters. The van der Waals surface area contributed by atoms with Crippen LogP contribution in [0.3, 0.4) is 0 Å². The van der Waals surface area contributed by atoms with Gasteiger partial charge in [-0.15, -0.1) is 0 Å². The van der Waals surface area contributed by atoms with E-state index < -0.39 is 10.0 Å². The molecule has 2 fully saturated rings. The summed E-state index contributed by atoms with van der Waals surface area (Å²) < 4.78 is 28.4. The quantitative estimate of drug-likeness (QED) is 0.738. The van der Waals surface area contributed by atoms with Crippen LogP contribution in [-0.4, -0.2) is 61.8 Å². The molecule has 0 saturated carbocycles. The van der Waals surface area contributed by atoms with Crippen LogP contribution >= 0.6 is 0 Å². The number of hydrazine groups is 1. The van der Waals surface area contributed by atoms with Gasteiger partial charge >= 0.3 is 0 Å². The molecular weight excluding hydrogens is 400 g/mol. The van der Waals surface area contributed by atoms with Gasteiger partial charge in [-0.25, -0.2) is 13.8 Å². The summed E-state index contributed by atoms with van der Waals surface area (Å²) in [6.45, 7) is 13.5. The molecule has 2 aliphatic heterocycles. The fourth-order valence-corrected chi connectivity index (χ4v) is 6.57. The molecule has 1 aromatic carbocycles.